The van der Waals surface area contributed by atoms with Gasteiger partial charge in [-0.2, -0.15) is 0 Å². The molecular weight excluding hydrogens is 367 g/mol. The SMILES string of the molecule is CN(C)C(CNC(=O)c1ccc(COc2ccc(F)cc2)o1)c1cccs1. The first kappa shape index (κ1) is 19.1. The Morgan fingerprint density at radius 2 is 2.00 bits per heavy atom. The smallest absolute Gasteiger partial charge is 0.287 e. The first-order valence-electron chi connectivity index (χ1n) is 8.48. The van der Waals surface area contributed by atoms with Crippen molar-refractivity contribution in [3.63, 3.8) is 0 Å². The molecule has 0 aliphatic carbocycles. The molecule has 7 heteroatoms. The number of amides is 1. The van der Waals surface area contributed by atoms with Crippen molar-refractivity contribution in [3.05, 3.63) is 76.1 Å². The number of rotatable bonds is 8. The lowest BCUT2D eigenvalue weighted by molar-refractivity contribution is 0.0910. The molecule has 0 fully saturated rings. The number of nitrogens with zero attached hydrogens (tertiary/aromatic N) is 1. The lowest BCUT2D eigenvalue weighted by Gasteiger charge is -2.23. The van der Waals surface area contributed by atoms with E-state index in [1.54, 1.807) is 23.5 Å². The minimum atomic E-state index is -0.321. The van der Waals surface area contributed by atoms with Gasteiger partial charge in [0.05, 0.1) is 6.04 Å². The second-order valence-corrected chi connectivity index (χ2v) is 7.19. The molecule has 2 aromatic heterocycles. The fraction of sp³-hybridized carbons (Fsp3) is 0.250. The average Bonchev–Trinajstić information content (AvgIpc) is 3.33. The van der Waals surface area contributed by atoms with E-state index in [-0.39, 0.29) is 30.1 Å². The van der Waals surface area contributed by atoms with Crippen molar-refractivity contribution in [1.29, 1.82) is 0 Å². The molecule has 0 aliphatic rings. The Kier molecular flexibility index (Phi) is 6.26. The molecule has 1 atom stereocenters. The number of hydrogen-bond acceptors (Lipinski definition) is 5. The van der Waals surface area contributed by atoms with Gasteiger partial charge in [-0.15, -0.1) is 11.3 Å². The van der Waals surface area contributed by atoms with Crippen molar-refractivity contribution in [3.8, 4) is 5.75 Å². The van der Waals surface area contributed by atoms with Gasteiger partial charge in [-0.05, 0) is 61.9 Å². The normalized spacial score (nSPS) is 12.1. The topological polar surface area (TPSA) is 54.7 Å². The summed E-state index contributed by atoms with van der Waals surface area (Å²) in [6.45, 7) is 0.642. The molecule has 1 aromatic carbocycles. The third-order valence-corrected chi connectivity index (χ3v) is 5.00. The number of furan rings is 1. The van der Waals surface area contributed by atoms with Crippen molar-refractivity contribution < 1.29 is 18.3 Å². The molecular formula is C20H21FN2O3S. The molecule has 5 nitrogen and oxygen atoms in total. The van der Waals surface area contributed by atoms with Crippen LogP contribution in [-0.2, 0) is 6.61 Å². The molecule has 3 aromatic rings. The molecule has 1 amide bonds. The highest BCUT2D eigenvalue weighted by atomic mass is 32.1. The Morgan fingerprint density at radius 3 is 2.67 bits per heavy atom. The van der Waals surface area contributed by atoms with Crippen molar-refractivity contribution >= 4 is 17.2 Å². The average molecular weight is 388 g/mol. The van der Waals surface area contributed by atoms with Gasteiger partial charge < -0.3 is 19.4 Å². The maximum absolute atomic E-state index is 12.9. The van der Waals surface area contributed by atoms with Gasteiger partial charge >= 0.3 is 0 Å². The fourth-order valence-electron chi connectivity index (χ4n) is 2.56. The Bertz CT molecular complexity index is 860. The predicted molar refractivity (Wildman–Crippen MR) is 103 cm³/mol. The number of halogens is 1. The quantitative estimate of drug-likeness (QED) is 0.631. The molecule has 3 rings (SSSR count). The predicted octanol–water partition coefficient (Wildman–Crippen LogP) is 4.09. The molecule has 0 saturated heterocycles. The largest absolute Gasteiger partial charge is 0.486 e. The molecule has 27 heavy (non-hydrogen) atoms. The zero-order chi connectivity index (χ0) is 19.2. The van der Waals surface area contributed by atoms with Crippen LogP contribution in [0.4, 0.5) is 4.39 Å². The van der Waals surface area contributed by atoms with E-state index in [1.165, 1.54) is 29.1 Å². The van der Waals surface area contributed by atoms with Crippen LogP contribution in [0.1, 0.15) is 27.2 Å². The van der Waals surface area contributed by atoms with E-state index in [0.717, 1.165) is 0 Å². The number of thiophene rings is 1. The minimum absolute atomic E-state index is 0.102. The molecule has 1 unspecified atom stereocenters. The van der Waals surface area contributed by atoms with Crippen LogP contribution >= 0.6 is 11.3 Å². The van der Waals surface area contributed by atoms with Crippen LogP contribution in [0, 0.1) is 5.82 Å². The van der Waals surface area contributed by atoms with Crippen LogP contribution in [0.25, 0.3) is 0 Å². The highest BCUT2D eigenvalue weighted by molar-refractivity contribution is 7.10. The third-order valence-electron chi connectivity index (χ3n) is 4.03. The molecule has 0 saturated carbocycles. The summed E-state index contributed by atoms with van der Waals surface area (Å²) in [5.74, 6) is 0.691. The van der Waals surface area contributed by atoms with Crippen LogP contribution in [0.5, 0.6) is 5.75 Å². The molecule has 142 valence electrons. The number of carbonyl (C=O) groups is 1. The second kappa shape index (κ2) is 8.83. The summed E-state index contributed by atoms with van der Waals surface area (Å²) in [4.78, 5) is 15.6. The molecule has 0 radical (unpaired) electrons. The van der Waals surface area contributed by atoms with Gasteiger partial charge in [0.2, 0.25) is 0 Å². The monoisotopic (exact) mass is 388 g/mol. The molecule has 0 bridgehead atoms. The van der Waals surface area contributed by atoms with Crippen LogP contribution < -0.4 is 10.1 Å². The van der Waals surface area contributed by atoms with Crippen LogP contribution in [0.3, 0.4) is 0 Å². The number of nitrogens with one attached hydrogen (secondary N) is 1. The van der Waals surface area contributed by atoms with Gasteiger partial charge in [0.25, 0.3) is 5.91 Å². The summed E-state index contributed by atoms with van der Waals surface area (Å²) >= 11 is 1.66. The zero-order valence-corrected chi connectivity index (χ0v) is 16.0. The first-order chi connectivity index (χ1) is 13.0. The zero-order valence-electron chi connectivity index (χ0n) is 15.1. The van der Waals surface area contributed by atoms with Crippen molar-refractivity contribution in [2.75, 3.05) is 20.6 Å². The summed E-state index contributed by atoms with van der Waals surface area (Å²) in [5.41, 5.74) is 0. The van der Waals surface area contributed by atoms with Gasteiger partial charge in [0.15, 0.2) is 5.76 Å². The van der Waals surface area contributed by atoms with Gasteiger partial charge in [-0.3, -0.25) is 4.79 Å². The van der Waals surface area contributed by atoms with Crippen LogP contribution in [0.15, 0.2) is 58.3 Å². The van der Waals surface area contributed by atoms with Crippen molar-refractivity contribution in [1.82, 2.24) is 10.2 Å². The van der Waals surface area contributed by atoms with Gasteiger partial charge in [-0.25, -0.2) is 4.39 Å². The van der Waals surface area contributed by atoms with E-state index in [9.17, 15) is 9.18 Å². The fourth-order valence-corrected chi connectivity index (χ4v) is 3.48. The lowest BCUT2D eigenvalue weighted by atomic mass is 10.2. The number of carbonyl (C=O) groups excluding carboxylic acids is 1. The second-order valence-electron chi connectivity index (χ2n) is 6.21. The highest BCUT2D eigenvalue weighted by Crippen LogP contribution is 2.22. The van der Waals surface area contributed by atoms with E-state index >= 15 is 0 Å². The van der Waals surface area contributed by atoms with E-state index in [0.29, 0.717) is 18.1 Å². The van der Waals surface area contributed by atoms with Gasteiger partial charge in [-0.1, -0.05) is 6.07 Å². The Labute approximate surface area is 161 Å². The maximum Gasteiger partial charge on any atom is 0.287 e. The number of benzene rings is 1. The van der Waals surface area contributed by atoms with E-state index in [4.69, 9.17) is 9.15 Å². The molecule has 0 aliphatic heterocycles. The lowest BCUT2D eigenvalue weighted by Crippen LogP contribution is -2.34. The van der Waals surface area contributed by atoms with Crippen molar-refractivity contribution in [2.24, 2.45) is 0 Å². The Balaban J connectivity index is 1.54. The molecule has 0 spiro atoms. The van der Waals surface area contributed by atoms with E-state index in [2.05, 4.69) is 16.3 Å². The van der Waals surface area contributed by atoms with E-state index < -0.39 is 0 Å². The number of hydrogen-bond donors (Lipinski definition) is 1. The van der Waals surface area contributed by atoms with Crippen LogP contribution in [-0.4, -0.2) is 31.4 Å². The number of likely N-dealkylation sites (N-methyl/N-ethyl adjacent to an activating group) is 1. The van der Waals surface area contributed by atoms with Crippen molar-refractivity contribution in [2.45, 2.75) is 12.6 Å². The Hall–Kier alpha value is -2.64. The highest BCUT2D eigenvalue weighted by Gasteiger charge is 2.18. The Morgan fingerprint density at radius 1 is 1.22 bits per heavy atom. The summed E-state index contributed by atoms with van der Waals surface area (Å²) in [7, 11) is 3.96. The maximum atomic E-state index is 12.9. The van der Waals surface area contributed by atoms with Gasteiger partial charge in [0.1, 0.15) is 23.9 Å². The summed E-state index contributed by atoms with van der Waals surface area (Å²) in [6.07, 6.45) is 0. The summed E-state index contributed by atoms with van der Waals surface area (Å²) in [5, 5.41) is 4.93. The third kappa shape index (κ3) is 5.18. The number of ether oxygens (including phenoxy) is 1. The minimum Gasteiger partial charge on any atom is -0.486 e. The first-order valence-corrected chi connectivity index (χ1v) is 9.36. The standard InChI is InChI=1S/C20H21FN2O3S/c1-23(2)17(19-4-3-11-27-19)12-22-20(24)18-10-9-16(26-18)13-25-15-7-5-14(21)6-8-15/h3-11,17H,12-13H2,1-2H3,(H,22,24). The summed E-state index contributed by atoms with van der Waals surface area (Å²) in [6, 6.07) is 13.2. The van der Waals surface area contributed by atoms with Gasteiger partial charge in [0, 0.05) is 11.4 Å². The molecule has 1 N–H and O–H groups in total. The van der Waals surface area contributed by atoms with E-state index in [1.807, 2.05) is 25.5 Å². The summed E-state index contributed by atoms with van der Waals surface area (Å²) < 4.78 is 24.0. The van der Waals surface area contributed by atoms with Crippen LogP contribution in [0.2, 0.25) is 0 Å². The molecule has 2 heterocycles.